The molecule has 0 atom stereocenters. The van der Waals surface area contributed by atoms with Gasteiger partial charge in [0.25, 0.3) is 5.91 Å². The minimum atomic E-state index is -0.303. The Labute approximate surface area is 113 Å². The number of aliphatic hydroxyl groups excluding tert-OH is 1. The molecule has 0 unspecified atom stereocenters. The largest absolute Gasteiger partial charge is 0.395 e. The van der Waals surface area contributed by atoms with Gasteiger partial charge in [-0.3, -0.25) is 4.79 Å². The van der Waals surface area contributed by atoms with E-state index in [0.717, 1.165) is 11.5 Å². The Bertz CT molecular complexity index is 616. The summed E-state index contributed by atoms with van der Waals surface area (Å²) < 4.78 is 3.62. The zero-order chi connectivity index (χ0) is 13.5. The maximum Gasteiger partial charge on any atom is 0.270 e. The highest BCUT2D eigenvalue weighted by molar-refractivity contribution is 7.07. The number of rotatable bonds is 3. The summed E-state index contributed by atoms with van der Waals surface area (Å²) in [4.78, 5) is 16.3. The van der Waals surface area contributed by atoms with Crippen molar-refractivity contribution in [1.82, 2.24) is 14.6 Å². The molecule has 19 heavy (non-hydrogen) atoms. The van der Waals surface area contributed by atoms with E-state index >= 15 is 0 Å². The SMILES string of the molecule is O=C(Nc1cccc(C#CCCO)n1)c1cnns1. The molecule has 0 spiro atoms. The fourth-order valence-electron chi connectivity index (χ4n) is 1.23. The number of hydrogen-bond acceptors (Lipinski definition) is 6. The number of nitrogens with zero attached hydrogens (tertiary/aromatic N) is 3. The lowest BCUT2D eigenvalue weighted by molar-refractivity contribution is 0.103. The molecule has 1 amide bonds. The van der Waals surface area contributed by atoms with E-state index in [4.69, 9.17) is 5.11 Å². The predicted octanol–water partition coefficient (Wildman–Crippen LogP) is 0.919. The fourth-order valence-corrected chi connectivity index (χ4v) is 1.64. The Morgan fingerprint density at radius 1 is 1.47 bits per heavy atom. The van der Waals surface area contributed by atoms with E-state index in [0.29, 0.717) is 22.8 Å². The van der Waals surface area contributed by atoms with Crippen molar-refractivity contribution >= 4 is 23.3 Å². The van der Waals surface area contributed by atoms with E-state index in [-0.39, 0.29) is 12.5 Å². The van der Waals surface area contributed by atoms with Crippen molar-refractivity contribution in [2.45, 2.75) is 6.42 Å². The highest BCUT2D eigenvalue weighted by atomic mass is 32.1. The summed E-state index contributed by atoms with van der Waals surface area (Å²) in [6, 6.07) is 5.15. The van der Waals surface area contributed by atoms with Gasteiger partial charge < -0.3 is 10.4 Å². The average Bonchev–Trinajstić information content (AvgIpc) is 2.93. The Hall–Kier alpha value is -2.30. The monoisotopic (exact) mass is 274 g/mol. The standard InChI is InChI=1S/C12H10N4O2S/c17-7-2-1-4-9-5-3-6-11(14-9)15-12(18)10-8-13-16-19-10/h3,5-6,8,17H,2,7H2,(H,14,15,18). The number of aromatic nitrogens is 3. The summed E-state index contributed by atoms with van der Waals surface area (Å²) in [6.45, 7) is 0.0157. The minimum Gasteiger partial charge on any atom is -0.395 e. The van der Waals surface area contributed by atoms with Gasteiger partial charge in [0.2, 0.25) is 0 Å². The number of pyridine rings is 1. The van der Waals surface area contributed by atoms with Crippen LogP contribution in [0.1, 0.15) is 21.8 Å². The van der Waals surface area contributed by atoms with Gasteiger partial charge in [-0.25, -0.2) is 4.98 Å². The van der Waals surface area contributed by atoms with Crippen molar-refractivity contribution in [3.8, 4) is 11.8 Å². The number of carbonyl (C=O) groups is 1. The maximum absolute atomic E-state index is 11.8. The Morgan fingerprint density at radius 3 is 3.11 bits per heavy atom. The molecular weight excluding hydrogens is 264 g/mol. The van der Waals surface area contributed by atoms with E-state index in [1.165, 1.54) is 6.20 Å². The molecule has 0 aliphatic heterocycles. The van der Waals surface area contributed by atoms with E-state index < -0.39 is 0 Å². The molecule has 0 fully saturated rings. The lowest BCUT2D eigenvalue weighted by Gasteiger charge is -2.01. The van der Waals surface area contributed by atoms with Crippen LogP contribution in [0.2, 0.25) is 0 Å². The van der Waals surface area contributed by atoms with E-state index in [2.05, 4.69) is 31.7 Å². The van der Waals surface area contributed by atoms with Crippen LogP contribution in [-0.4, -0.2) is 32.2 Å². The molecule has 0 bridgehead atoms. The average molecular weight is 274 g/mol. The fraction of sp³-hybridized carbons (Fsp3) is 0.167. The summed E-state index contributed by atoms with van der Waals surface area (Å²) in [6.07, 6.45) is 1.79. The molecule has 0 aliphatic carbocycles. The minimum absolute atomic E-state index is 0.0157. The van der Waals surface area contributed by atoms with Gasteiger partial charge in [0.1, 0.15) is 16.4 Å². The lowest BCUT2D eigenvalue weighted by atomic mass is 10.3. The molecule has 2 rings (SSSR count). The van der Waals surface area contributed by atoms with E-state index in [9.17, 15) is 4.79 Å². The first kappa shape index (κ1) is 13.1. The van der Waals surface area contributed by atoms with Gasteiger partial charge in [0.05, 0.1) is 12.8 Å². The van der Waals surface area contributed by atoms with Crippen molar-refractivity contribution in [2.24, 2.45) is 0 Å². The van der Waals surface area contributed by atoms with Crippen molar-refractivity contribution in [1.29, 1.82) is 0 Å². The van der Waals surface area contributed by atoms with Crippen molar-refractivity contribution in [2.75, 3.05) is 11.9 Å². The molecule has 0 saturated carbocycles. The predicted molar refractivity (Wildman–Crippen MR) is 70.7 cm³/mol. The van der Waals surface area contributed by atoms with Crippen molar-refractivity contribution in [3.63, 3.8) is 0 Å². The van der Waals surface area contributed by atoms with Gasteiger partial charge in [0.15, 0.2) is 0 Å². The van der Waals surface area contributed by atoms with E-state index in [1.54, 1.807) is 18.2 Å². The number of carbonyl (C=O) groups excluding carboxylic acids is 1. The third-order valence-electron chi connectivity index (χ3n) is 2.03. The van der Waals surface area contributed by atoms with Crippen LogP contribution in [0.4, 0.5) is 5.82 Å². The zero-order valence-electron chi connectivity index (χ0n) is 9.83. The molecule has 2 aromatic heterocycles. The number of anilines is 1. The van der Waals surface area contributed by atoms with Gasteiger partial charge in [-0.2, -0.15) is 0 Å². The van der Waals surface area contributed by atoms with Crippen molar-refractivity contribution in [3.05, 3.63) is 35.0 Å². The second-order valence-corrected chi connectivity index (χ2v) is 4.21. The van der Waals surface area contributed by atoms with Crippen LogP contribution < -0.4 is 5.32 Å². The second-order valence-electron chi connectivity index (χ2n) is 3.42. The number of aliphatic hydroxyl groups is 1. The normalized spacial score (nSPS) is 9.53. The Balaban J connectivity index is 2.07. The first-order valence-corrected chi connectivity index (χ1v) is 6.22. The first-order valence-electron chi connectivity index (χ1n) is 5.45. The van der Waals surface area contributed by atoms with Crippen LogP contribution in [-0.2, 0) is 0 Å². The molecule has 2 aromatic rings. The van der Waals surface area contributed by atoms with Crippen LogP contribution in [0.25, 0.3) is 0 Å². The summed E-state index contributed by atoms with van der Waals surface area (Å²) in [5.41, 5.74) is 0.536. The number of amides is 1. The summed E-state index contributed by atoms with van der Waals surface area (Å²) in [5, 5.41) is 14.9. The van der Waals surface area contributed by atoms with Crippen LogP contribution in [0, 0.1) is 11.8 Å². The number of hydrogen-bond donors (Lipinski definition) is 2. The van der Waals surface area contributed by atoms with Crippen LogP contribution >= 0.6 is 11.5 Å². The maximum atomic E-state index is 11.8. The van der Waals surface area contributed by atoms with Crippen LogP contribution in [0.3, 0.4) is 0 Å². The quantitative estimate of drug-likeness (QED) is 0.813. The lowest BCUT2D eigenvalue weighted by Crippen LogP contribution is -2.11. The highest BCUT2D eigenvalue weighted by Gasteiger charge is 2.09. The van der Waals surface area contributed by atoms with Crippen molar-refractivity contribution < 1.29 is 9.90 Å². The molecule has 2 N–H and O–H groups in total. The highest BCUT2D eigenvalue weighted by Crippen LogP contribution is 2.08. The topological polar surface area (TPSA) is 88.0 Å². The Morgan fingerprint density at radius 2 is 2.37 bits per heavy atom. The molecule has 0 saturated heterocycles. The summed E-state index contributed by atoms with van der Waals surface area (Å²) in [7, 11) is 0. The van der Waals surface area contributed by atoms with Crippen LogP contribution in [0.15, 0.2) is 24.4 Å². The molecule has 0 aliphatic rings. The zero-order valence-corrected chi connectivity index (χ0v) is 10.6. The molecule has 0 aromatic carbocycles. The molecule has 6 nitrogen and oxygen atoms in total. The first-order chi connectivity index (χ1) is 9.29. The molecule has 96 valence electrons. The van der Waals surface area contributed by atoms with E-state index in [1.807, 2.05) is 0 Å². The molecular formula is C12H10N4O2S. The van der Waals surface area contributed by atoms with Crippen LogP contribution in [0.5, 0.6) is 0 Å². The van der Waals surface area contributed by atoms with Gasteiger partial charge >= 0.3 is 0 Å². The molecule has 0 radical (unpaired) electrons. The molecule has 2 heterocycles. The third kappa shape index (κ3) is 3.84. The number of nitrogens with one attached hydrogen (secondary N) is 1. The Kier molecular flexibility index (Phi) is 4.55. The van der Waals surface area contributed by atoms with Gasteiger partial charge in [0, 0.05) is 6.42 Å². The van der Waals surface area contributed by atoms with Gasteiger partial charge in [-0.1, -0.05) is 16.5 Å². The summed E-state index contributed by atoms with van der Waals surface area (Å²) >= 11 is 1.01. The second kappa shape index (κ2) is 6.58. The smallest absolute Gasteiger partial charge is 0.270 e. The third-order valence-corrected chi connectivity index (χ3v) is 2.69. The van der Waals surface area contributed by atoms with Gasteiger partial charge in [-0.05, 0) is 29.6 Å². The summed E-state index contributed by atoms with van der Waals surface area (Å²) in [5.74, 6) is 5.67. The van der Waals surface area contributed by atoms with Gasteiger partial charge in [-0.15, -0.1) is 5.10 Å². The molecule has 7 heteroatoms.